The first-order valence-electron chi connectivity index (χ1n) is 6.51. The Morgan fingerprint density at radius 2 is 2.16 bits per heavy atom. The molecular formula is C14H18ClN3O. The predicted octanol–water partition coefficient (Wildman–Crippen LogP) is 2.36. The van der Waals surface area contributed by atoms with Crippen molar-refractivity contribution in [3.63, 3.8) is 0 Å². The molecule has 19 heavy (non-hydrogen) atoms. The van der Waals surface area contributed by atoms with Crippen LogP contribution in [0.5, 0.6) is 0 Å². The third-order valence-electron chi connectivity index (χ3n) is 3.65. The average molecular weight is 280 g/mol. The third kappa shape index (κ3) is 3.19. The zero-order chi connectivity index (χ0) is 13.8. The van der Waals surface area contributed by atoms with Crippen molar-refractivity contribution in [2.45, 2.75) is 37.8 Å². The zero-order valence-electron chi connectivity index (χ0n) is 10.7. The summed E-state index contributed by atoms with van der Waals surface area (Å²) in [6.07, 6.45) is 4.71. The molecule has 1 atom stereocenters. The molecule has 2 rings (SSSR count). The summed E-state index contributed by atoms with van der Waals surface area (Å²) in [6.45, 7) is -0.0262. The number of nitrogens with one attached hydrogen (secondary N) is 1. The van der Waals surface area contributed by atoms with Crippen molar-refractivity contribution < 1.29 is 5.11 Å². The molecule has 0 bridgehead atoms. The van der Waals surface area contributed by atoms with Crippen molar-refractivity contribution >= 4 is 17.3 Å². The normalized spacial score (nSPS) is 17.3. The molecular weight excluding hydrogens is 262 g/mol. The number of hydrogen-bond acceptors (Lipinski definition) is 4. The Kier molecular flexibility index (Phi) is 4.65. The minimum atomic E-state index is -0.201. The van der Waals surface area contributed by atoms with E-state index in [-0.39, 0.29) is 12.6 Å². The van der Waals surface area contributed by atoms with Crippen LogP contribution in [-0.2, 0) is 0 Å². The lowest BCUT2D eigenvalue weighted by atomic mass is 10.0. The van der Waals surface area contributed by atoms with E-state index >= 15 is 0 Å². The number of halogens is 1. The average Bonchev–Trinajstić information content (AvgIpc) is 2.92. The number of nitrogens with zero attached hydrogens (tertiary/aromatic N) is 1. The van der Waals surface area contributed by atoms with Crippen molar-refractivity contribution in [1.82, 2.24) is 5.32 Å². The molecule has 1 fully saturated rings. The monoisotopic (exact) mass is 279 g/mol. The molecule has 102 valence electrons. The van der Waals surface area contributed by atoms with Gasteiger partial charge in [0, 0.05) is 6.04 Å². The van der Waals surface area contributed by atoms with Gasteiger partial charge in [-0.25, -0.2) is 0 Å². The highest BCUT2D eigenvalue weighted by Crippen LogP contribution is 2.29. The minimum absolute atomic E-state index is 0.0262. The molecule has 0 spiro atoms. The van der Waals surface area contributed by atoms with Crippen LogP contribution in [0.3, 0.4) is 0 Å². The molecule has 1 aliphatic rings. The third-order valence-corrected chi connectivity index (χ3v) is 3.96. The summed E-state index contributed by atoms with van der Waals surface area (Å²) >= 11 is 6.03. The summed E-state index contributed by atoms with van der Waals surface area (Å²) in [5.74, 6) is 0. The fraction of sp³-hybridized carbons (Fsp3) is 0.500. The molecule has 5 heteroatoms. The molecule has 1 aliphatic carbocycles. The molecule has 0 saturated heterocycles. The van der Waals surface area contributed by atoms with Gasteiger partial charge in [0.05, 0.1) is 28.9 Å². The summed E-state index contributed by atoms with van der Waals surface area (Å²) in [5.41, 5.74) is 7.19. The van der Waals surface area contributed by atoms with Gasteiger partial charge in [-0.15, -0.1) is 0 Å². The van der Waals surface area contributed by atoms with Gasteiger partial charge in [-0.05, 0) is 30.5 Å². The first-order valence-corrected chi connectivity index (χ1v) is 6.89. The Hall–Kier alpha value is -1.28. The van der Waals surface area contributed by atoms with Gasteiger partial charge in [-0.3, -0.25) is 0 Å². The van der Waals surface area contributed by atoms with Crippen LogP contribution in [0, 0.1) is 11.3 Å². The van der Waals surface area contributed by atoms with Crippen molar-refractivity contribution in [3.8, 4) is 6.07 Å². The highest BCUT2D eigenvalue weighted by Gasteiger charge is 2.21. The number of nitrogens with two attached hydrogens (primary N) is 1. The second-order valence-electron chi connectivity index (χ2n) is 4.96. The summed E-state index contributed by atoms with van der Waals surface area (Å²) < 4.78 is 0. The number of rotatable bonds is 4. The second kappa shape index (κ2) is 6.25. The second-order valence-corrected chi connectivity index (χ2v) is 5.37. The first kappa shape index (κ1) is 14.1. The predicted molar refractivity (Wildman–Crippen MR) is 75.8 cm³/mol. The van der Waals surface area contributed by atoms with Crippen LogP contribution < -0.4 is 11.1 Å². The lowest BCUT2D eigenvalue weighted by molar-refractivity contribution is 0.233. The van der Waals surface area contributed by atoms with Crippen LogP contribution >= 0.6 is 11.6 Å². The van der Waals surface area contributed by atoms with Crippen LogP contribution in [0.2, 0.25) is 5.02 Å². The van der Waals surface area contributed by atoms with Crippen LogP contribution in [0.15, 0.2) is 12.1 Å². The van der Waals surface area contributed by atoms with E-state index in [4.69, 9.17) is 22.6 Å². The topological polar surface area (TPSA) is 82.1 Å². The lowest BCUT2D eigenvalue weighted by Gasteiger charge is -2.22. The fourth-order valence-corrected chi connectivity index (χ4v) is 2.79. The lowest BCUT2D eigenvalue weighted by Crippen LogP contribution is -2.32. The number of hydrogen-bond donors (Lipinski definition) is 3. The van der Waals surface area contributed by atoms with Gasteiger partial charge in [0.25, 0.3) is 0 Å². The standard InChI is InChI=1S/C14H18ClN3O/c15-12-6-9(5-10(7-16)14(12)17)13(8-19)18-11-3-1-2-4-11/h5-6,11,13,18-19H,1-4,8,17H2. The highest BCUT2D eigenvalue weighted by molar-refractivity contribution is 6.33. The Morgan fingerprint density at radius 1 is 1.47 bits per heavy atom. The first-order chi connectivity index (χ1) is 9.15. The van der Waals surface area contributed by atoms with E-state index < -0.39 is 0 Å². The molecule has 1 saturated carbocycles. The van der Waals surface area contributed by atoms with E-state index in [1.54, 1.807) is 12.1 Å². The number of anilines is 1. The fourth-order valence-electron chi connectivity index (χ4n) is 2.56. The van der Waals surface area contributed by atoms with E-state index in [9.17, 15) is 5.11 Å². The SMILES string of the molecule is N#Cc1cc(C(CO)NC2CCCC2)cc(Cl)c1N. The maximum Gasteiger partial charge on any atom is 0.101 e. The Balaban J connectivity index is 2.22. The van der Waals surface area contributed by atoms with Crippen LogP contribution in [0.25, 0.3) is 0 Å². The quantitative estimate of drug-likeness (QED) is 0.739. The van der Waals surface area contributed by atoms with E-state index in [1.165, 1.54) is 12.8 Å². The van der Waals surface area contributed by atoms with Crippen molar-refractivity contribution in [2.75, 3.05) is 12.3 Å². The van der Waals surface area contributed by atoms with Gasteiger partial charge < -0.3 is 16.2 Å². The Morgan fingerprint density at radius 3 is 2.74 bits per heavy atom. The van der Waals surface area contributed by atoms with Crippen LogP contribution in [0.1, 0.15) is 42.9 Å². The van der Waals surface area contributed by atoms with Gasteiger partial charge in [-0.1, -0.05) is 24.4 Å². The van der Waals surface area contributed by atoms with Crippen LogP contribution in [0.4, 0.5) is 5.69 Å². The maximum absolute atomic E-state index is 9.54. The molecule has 4 nitrogen and oxygen atoms in total. The zero-order valence-corrected chi connectivity index (χ0v) is 11.5. The van der Waals surface area contributed by atoms with Crippen molar-refractivity contribution in [2.24, 2.45) is 0 Å². The number of aliphatic hydroxyl groups excluding tert-OH is 1. The molecule has 1 unspecified atom stereocenters. The number of nitriles is 1. The molecule has 0 radical (unpaired) electrons. The molecule has 1 aromatic carbocycles. The van der Waals surface area contributed by atoms with Gasteiger partial charge in [-0.2, -0.15) is 5.26 Å². The largest absolute Gasteiger partial charge is 0.396 e. The number of nitrogen functional groups attached to an aromatic ring is 1. The summed E-state index contributed by atoms with van der Waals surface area (Å²) in [5, 5.41) is 22.4. The summed E-state index contributed by atoms with van der Waals surface area (Å²) in [4.78, 5) is 0. The molecule has 0 heterocycles. The van der Waals surface area contributed by atoms with Gasteiger partial charge in [0.15, 0.2) is 0 Å². The van der Waals surface area contributed by atoms with Gasteiger partial charge >= 0.3 is 0 Å². The number of aliphatic hydroxyl groups is 1. The maximum atomic E-state index is 9.54. The Bertz CT molecular complexity index is 492. The molecule has 4 N–H and O–H groups in total. The van der Waals surface area contributed by atoms with Crippen LogP contribution in [-0.4, -0.2) is 17.8 Å². The molecule has 0 aliphatic heterocycles. The Labute approximate surface area is 118 Å². The van der Waals surface area contributed by atoms with Crippen molar-refractivity contribution in [1.29, 1.82) is 5.26 Å². The van der Waals surface area contributed by atoms with Gasteiger partial charge in [0.2, 0.25) is 0 Å². The minimum Gasteiger partial charge on any atom is -0.396 e. The number of benzene rings is 1. The summed E-state index contributed by atoms with van der Waals surface area (Å²) in [7, 11) is 0. The molecule has 0 amide bonds. The van der Waals surface area contributed by atoms with Gasteiger partial charge in [0.1, 0.15) is 6.07 Å². The molecule has 0 aromatic heterocycles. The smallest absolute Gasteiger partial charge is 0.101 e. The molecule has 1 aromatic rings. The van der Waals surface area contributed by atoms with E-state index in [0.717, 1.165) is 18.4 Å². The van der Waals surface area contributed by atoms with Crippen molar-refractivity contribution in [3.05, 3.63) is 28.3 Å². The summed E-state index contributed by atoms with van der Waals surface area (Å²) in [6, 6.07) is 5.68. The van der Waals surface area contributed by atoms with E-state index in [0.29, 0.717) is 22.3 Å². The van der Waals surface area contributed by atoms with E-state index in [2.05, 4.69) is 5.32 Å². The van der Waals surface area contributed by atoms with E-state index in [1.807, 2.05) is 6.07 Å². The highest BCUT2D eigenvalue weighted by atomic mass is 35.5.